The number of alkyl halides is 3. The van der Waals surface area contributed by atoms with E-state index in [0.29, 0.717) is 28.5 Å². The molecule has 1 aliphatic rings. The molecule has 6 nitrogen and oxygen atoms in total. The quantitative estimate of drug-likeness (QED) is 0.377. The van der Waals surface area contributed by atoms with E-state index in [4.69, 9.17) is 4.74 Å². The summed E-state index contributed by atoms with van der Waals surface area (Å²) in [7, 11) is 1.54. The summed E-state index contributed by atoms with van der Waals surface area (Å²) in [4.78, 5) is 32.3. The van der Waals surface area contributed by atoms with Crippen molar-refractivity contribution < 1.29 is 22.7 Å². The number of nitrogens with one attached hydrogen (secondary N) is 1. The molecule has 1 aromatic carbocycles. The zero-order valence-corrected chi connectivity index (χ0v) is 19.5. The fraction of sp³-hybridized carbons (Fsp3) is 0.409. The number of hydrogen-bond donors (Lipinski definition) is 1. The number of rotatable bonds is 7. The fourth-order valence-electron chi connectivity index (χ4n) is 3.81. The molecule has 3 aromatic rings. The maximum absolute atomic E-state index is 13.3. The molecule has 0 spiro atoms. The molecule has 1 amide bonds. The van der Waals surface area contributed by atoms with Gasteiger partial charge < -0.3 is 10.1 Å². The van der Waals surface area contributed by atoms with E-state index < -0.39 is 17.6 Å². The highest BCUT2D eigenvalue weighted by atomic mass is 32.2. The number of ether oxygens (including phenoxy) is 1. The molecule has 4 rings (SSSR count). The number of hydrogen-bond acceptors (Lipinski definition) is 6. The van der Waals surface area contributed by atoms with Gasteiger partial charge >= 0.3 is 6.18 Å². The van der Waals surface area contributed by atoms with Crippen LogP contribution in [0.3, 0.4) is 0 Å². The first-order valence-electron chi connectivity index (χ1n) is 10.4. The van der Waals surface area contributed by atoms with Gasteiger partial charge in [0.1, 0.15) is 4.83 Å². The lowest BCUT2D eigenvalue weighted by Gasteiger charge is -2.13. The average Bonchev–Trinajstić information content (AvgIpc) is 3.15. The molecule has 0 unspecified atom stereocenters. The first-order chi connectivity index (χ1) is 15.8. The minimum Gasteiger partial charge on any atom is -0.383 e. The van der Waals surface area contributed by atoms with Crippen molar-refractivity contribution in [3.8, 4) is 0 Å². The van der Waals surface area contributed by atoms with Gasteiger partial charge in [0.05, 0.1) is 29.9 Å². The van der Waals surface area contributed by atoms with Crippen LogP contribution in [-0.2, 0) is 35.1 Å². The minimum atomic E-state index is -4.49. The van der Waals surface area contributed by atoms with Gasteiger partial charge in [-0.05, 0) is 49.4 Å². The summed E-state index contributed by atoms with van der Waals surface area (Å²) in [5.74, 6) is -0.593. The molecular weight excluding hydrogens is 475 g/mol. The van der Waals surface area contributed by atoms with Crippen molar-refractivity contribution >= 4 is 44.9 Å². The van der Waals surface area contributed by atoms with Crippen LogP contribution in [0.25, 0.3) is 10.2 Å². The molecule has 0 radical (unpaired) electrons. The zero-order chi connectivity index (χ0) is 23.6. The van der Waals surface area contributed by atoms with Crippen LogP contribution in [0, 0.1) is 0 Å². The van der Waals surface area contributed by atoms with E-state index in [-0.39, 0.29) is 17.0 Å². The van der Waals surface area contributed by atoms with Crippen LogP contribution >= 0.6 is 23.1 Å². The van der Waals surface area contributed by atoms with Gasteiger partial charge in [-0.15, -0.1) is 11.3 Å². The molecule has 0 fully saturated rings. The highest BCUT2D eigenvalue weighted by molar-refractivity contribution is 7.99. The number of amides is 1. The molecule has 1 aliphatic carbocycles. The van der Waals surface area contributed by atoms with E-state index >= 15 is 0 Å². The SMILES string of the molecule is COCCn1c(SCC(=O)Nc2cccc(C(F)(F)F)c2)nc2sc3c(c2c1=O)CCCC3. The third-order valence-corrected chi connectivity index (χ3v) is 7.53. The molecule has 33 heavy (non-hydrogen) atoms. The van der Waals surface area contributed by atoms with E-state index in [0.717, 1.165) is 55.1 Å². The normalized spacial score (nSPS) is 13.8. The largest absolute Gasteiger partial charge is 0.416 e. The first kappa shape index (κ1) is 23.8. The number of anilines is 1. The van der Waals surface area contributed by atoms with E-state index in [2.05, 4.69) is 10.3 Å². The van der Waals surface area contributed by atoms with Crippen molar-refractivity contribution in [2.45, 2.75) is 43.6 Å². The second kappa shape index (κ2) is 9.86. The summed E-state index contributed by atoms with van der Waals surface area (Å²) >= 11 is 2.60. The summed E-state index contributed by atoms with van der Waals surface area (Å²) in [6.45, 7) is 0.601. The van der Waals surface area contributed by atoms with Gasteiger partial charge in [0.25, 0.3) is 5.56 Å². The molecule has 0 saturated heterocycles. The van der Waals surface area contributed by atoms with Gasteiger partial charge in [-0.25, -0.2) is 4.98 Å². The number of fused-ring (bicyclic) bond motifs is 3. The number of nitrogens with zero attached hydrogens (tertiary/aromatic N) is 2. The third kappa shape index (κ3) is 5.25. The number of carbonyl (C=O) groups is 1. The van der Waals surface area contributed by atoms with Crippen molar-refractivity contribution in [3.63, 3.8) is 0 Å². The van der Waals surface area contributed by atoms with E-state index in [9.17, 15) is 22.8 Å². The Morgan fingerprint density at radius 1 is 1.30 bits per heavy atom. The Morgan fingerprint density at radius 2 is 2.09 bits per heavy atom. The maximum atomic E-state index is 13.3. The summed E-state index contributed by atoms with van der Waals surface area (Å²) in [5.41, 5.74) is 0.165. The predicted octanol–water partition coefficient (Wildman–Crippen LogP) is 4.73. The molecule has 0 aliphatic heterocycles. The van der Waals surface area contributed by atoms with Crippen molar-refractivity contribution in [1.82, 2.24) is 9.55 Å². The summed E-state index contributed by atoms with van der Waals surface area (Å²) in [6, 6.07) is 4.46. The lowest BCUT2D eigenvalue weighted by Crippen LogP contribution is -2.26. The number of thiophene rings is 1. The Bertz CT molecular complexity index is 1240. The second-order valence-electron chi connectivity index (χ2n) is 7.65. The van der Waals surface area contributed by atoms with Crippen molar-refractivity contribution in [2.24, 2.45) is 0 Å². The van der Waals surface area contributed by atoms with Gasteiger partial charge in [-0.3, -0.25) is 14.2 Å². The van der Waals surface area contributed by atoms with Crippen LogP contribution in [0.4, 0.5) is 18.9 Å². The van der Waals surface area contributed by atoms with Gasteiger partial charge in [-0.1, -0.05) is 17.8 Å². The minimum absolute atomic E-state index is 0.0570. The van der Waals surface area contributed by atoms with Crippen LogP contribution < -0.4 is 10.9 Å². The summed E-state index contributed by atoms with van der Waals surface area (Å²) in [5, 5.41) is 3.53. The zero-order valence-electron chi connectivity index (χ0n) is 17.8. The predicted molar refractivity (Wildman–Crippen MR) is 123 cm³/mol. The molecule has 11 heteroatoms. The van der Waals surface area contributed by atoms with Crippen LogP contribution in [0.15, 0.2) is 34.2 Å². The maximum Gasteiger partial charge on any atom is 0.416 e. The topological polar surface area (TPSA) is 73.2 Å². The molecule has 2 aromatic heterocycles. The number of aryl methyl sites for hydroxylation is 2. The average molecular weight is 498 g/mol. The number of aromatic nitrogens is 2. The van der Waals surface area contributed by atoms with E-state index in [1.807, 2.05) is 0 Å². The Morgan fingerprint density at radius 3 is 2.85 bits per heavy atom. The van der Waals surface area contributed by atoms with Crippen LogP contribution in [0.1, 0.15) is 28.8 Å². The Hall–Kier alpha value is -2.37. The number of methoxy groups -OCH3 is 1. The Labute approximate surface area is 196 Å². The van der Waals surface area contributed by atoms with E-state index in [1.54, 1.807) is 7.11 Å². The van der Waals surface area contributed by atoms with E-state index in [1.165, 1.54) is 32.9 Å². The highest BCUT2D eigenvalue weighted by Crippen LogP contribution is 2.35. The van der Waals surface area contributed by atoms with Gasteiger partial charge in [-0.2, -0.15) is 13.2 Å². The first-order valence-corrected chi connectivity index (χ1v) is 12.2. The molecular formula is C22H22F3N3O3S2. The third-order valence-electron chi connectivity index (χ3n) is 5.36. The van der Waals surface area contributed by atoms with Crippen LogP contribution in [0.2, 0.25) is 0 Å². The fourth-order valence-corrected chi connectivity index (χ4v) is 5.94. The summed E-state index contributed by atoms with van der Waals surface area (Å²) in [6.07, 6.45) is -0.554. The summed E-state index contributed by atoms with van der Waals surface area (Å²) < 4.78 is 45.4. The Kier molecular flexibility index (Phi) is 7.10. The van der Waals surface area contributed by atoms with Gasteiger partial charge in [0, 0.05) is 17.7 Å². The van der Waals surface area contributed by atoms with Crippen LogP contribution in [0.5, 0.6) is 0 Å². The Balaban J connectivity index is 1.56. The van der Waals surface area contributed by atoms with Gasteiger partial charge in [0.2, 0.25) is 5.91 Å². The molecule has 1 N–H and O–H groups in total. The number of carbonyl (C=O) groups excluding carboxylic acids is 1. The molecule has 0 atom stereocenters. The highest BCUT2D eigenvalue weighted by Gasteiger charge is 2.30. The molecule has 2 heterocycles. The van der Waals surface area contributed by atoms with Gasteiger partial charge in [0.15, 0.2) is 5.16 Å². The number of thioether (sulfide) groups is 1. The number of benzene rings is 1. The monoisotopic (exact) mass is 497 g/mol. The molecule has 0 bridgehead atoms. The van der Waals surface area contributed by atoms with Crippen LogP contribution in [-0.4, -0.2) is 34.9 Å². The van der Waals surface area contributed by atoms with Crippen molar-refractivity contribution in [2.75, 3.05) is 24.8 Å². The smallest absolute Gasteiger partial charge is 0.383 e. The molecule has 0 saturated carbocycles. The second-order valence-corrected chi connectivity index (χ2v) is 9.68. The standard InChI is InChI=1S/C22H22F3N3O3S2/c1-31-10-9-28-20(30)18-15-7-2-3-8-16(15)33-19(18)27-21(28)32-12-17(29)26-14-6-4-5-13(11-14)22(23,24)25/h4-6,11H,2-3,7-10,12H2,1H3,(H,26,29). The van der Waals surface area contributed by atoms with Crippen molar-refractivity contribution in [3.05, 3.63) is 50.6 Å². The lowest BCUT2D eigenvalue weighted by molar-refractivity contribution is -0.137. The molecule has 176 valence electrons. The van der Waals surface area contributed by atoms with Crippen molar-refractivity contribution in [1.29, 1.82) is 0 Å². The number of halogens is 3. The lowest BCUT2D eigenvalue weighted by atomic mass is 9.97.